The largest absolute Gasteiger partial charge is 0.442 e. The SMILES string of the molecule is CCCC[C@H]1CN(CC2(F)C3COCC32)C(=O)OC12CCN(C1(C)CCN(C=O)CC1)CC2. The molecule has 186 valence electrons. The molecule has 0 N–H and O–H groups in total. The number of fused-ring (bicyclic) bond motifs is 1. The molecule has 0 radical (unpaired) electrons. The molecule has 0 aromatic carbocycles. The molecule has 0 bridgehead atoms. The summed E-state index contributed by atoms with van der Waals surface area (Å²) in [5, 5.41) is 0. The van der Waals surface area contributed by atoms with Crippen molar-refractivity contribution in [3.63, 3.8) is 0 Å². The van der Waals surface area contributed by atoms with E-state index in [1.807, 2.05) is 4.90 Å². The van der Waals surface area contributed by atoms with Crippen LogP contribution >= 0.6 is 0 Å². The molecule has 0 aromatic rings. The average Bonchev–Trinajstić information content (AvgIpc) is 3.15. The Morgan fingerprint density at radius 3 is 2.36 bits per heavy atom. The molecule has 4 heterocycles. The molecule has 1 aliphatic carbocycles. The van der Waals surface area contributed by atoms with Crippen LogP contribution in [0.15, 0.2) is 0 Å². The van der Waals surface area contributed by atoms with E-state index in [2.05, 4.69) is 18.7 Å². The first-order valence-electron chi connectivity index (χ1n) is 13.0. The first kappa shape index (κ1) is 23.3. The van der Waals surface area contributed by atoms with Crippen LogP contribution in [0.4, 0.5) is 9.18 Å². The van der Waals surface area contributed by atoms with Crippen molar-refractivity contribution in [3.8, 4) is 0 Å². The van der Waals surface area contributed by atoms with Crippen molar-refractivity contribution in [2.75, 3.05) is 52.5 Å². The Morgan fingerprint density at radius 2 is 1.76 bits per heavy atom. The minimum absolute atomic E-state index is 0.0510. The van der Waals surface area contributed by atoms with E-state index < -0.39 is 11.3 Å². The Morgan fingerprint density at radius 1 is 1.09 bits per heavy atom. The molecule has 2 unspecified atom stereocenters. The molecule has 8 heteroatoms. The first-order chi connectivity index (χ1) is 15.8. The van der Waals surface area contributed by atoms with Gasteiger partial charge in [-0.05, 0) is 26.2 Å². The normalized spacial score (nSPS) is 37.7. The molecule has 1 spiro atoms. The number of nitrogens with zero attached hydrogens (tertiary/aromatic N) is 3. The van der Waals surface area contributed by atoms with Gasteiger partial charge in [-0.1, -0.05) is 19.8 Å². The predicted molar refractivity (Wildman–Crippen MR) is 122 cm³/mol. The number of carbonyl (C=O) groups is 2. The highest BCUT2D eigenvalue weighted by atomic mass is 19.1. The van der Waals surface area contributed by atoms with E-state index in [4.69, 9.17) is 9.47 Å². The summed E-state index contributed by atoms with van der Waals surface area (Å²) < 4.78 is 27.0. The maximum absolute atomic E-state index is 15.4. The van der Waals surface area contributed by atoms with Crippen LogP contribution in [-0.2, 0) is 14.3 Å². The van der Waals surface area contributed by atoms with Gasteiger partial charge in [-0.25, -0.2) is 9.18 Å². The summed E-state index contributed by atoms with van der Waals surface area (Å²) in [6, 6.07) is 0. The number of likely N-dealkylation sites (tertiary alicyclic amines) is 2. The van der Waals surface area contributed by atoms with E-state index in [1.165, 1.54) is 0 Å². The van der Waals surface area contributed by atoms with Gasteiger partial charge in [-0.15, -0.1) is 0 Å². The fourth-order valence-electron chi connectivity index (χ4n) is 7.05. The zero-order valence-corrected chi connectivity index (χ0v) is 20.3. The predicted octanol–water partition coefficient (Wildman–Crippen LogP) is 3.08. The first-order valence-corrected chi connectivity index (χ1v) is 13.0. The second-order valence-corrected chi connectivity index (χ2v) is 11.5. The lowest BCUT2D eigenvalue weighted by Gasteiger charge is -2.55. The number of alkyl halides is 1. The molecular formula is C25H40FN3O4. The second-order valence-electron chi connectivity index (χ2n) is 11.5. The van der Waals surface area contributed by atoms with Crippen molar-refractivity contribution in [1.29, 1.82) is 0 Å². The quantitative estimate of drug-likeness (QED) is 0.541. The lowest BCUT2D eigenvalue weighted by molar-refractivity contribution is -0.138. The van der Waals surface area contributed by atoms with E-state index in [1.54, 1.807) is 4.90 Å². The zero-order valence-electron chi connectivity index (χ0n) is 20.3. The smallest absolute Gasteiger partial charge is 0.410 e. The molecular weight excluding hydrogens is 425 g/mol. The van der Waals surface area contributed by atoms with Gasteiger partial charge in [0.2, 0.25) is 6.41 Å². The van der Waals surface area contributed by atoms with Crippen LogP contribution in [0.3, 0.4) is 0 Å². The van der Waals surface area contributed by atoms with Crippen molar-refractivity contribution < 1.29 is 23.5 Å². The third kappa shape index (κ3) is 4.05. The highest BCUT2D eigenvalue weighted by Crippen LogP contribution is 2.58. The Kier molecular flexibility index (Phi) is 6.13. The number of rotatable bonds is 7. The van der Waals surface area contributed by atoms with Gasteiger partial charge in [-0.3, -0.25) is 9.69 Å². The number of ether oxygens (including phenoxy) is 2. The van der Waals surface area contributed by atoms with Gasteiger partial charge in [-0.2, -0.15) is 0 Å². The van der Waals surface area contributed by atoms with Crippen molar-refractivity contribution in [1.82, 2.24) is 14.7 Å². The van der Waals surface area contributed by atoms with Gasteiger partial charge in [0.15, 0.2) is 0 Å². The lowest BCUT2D eigenvalue weighted by atomic mass is 9.74. The van der Waals surface area contributed by atoms with Crippen LogP contribution < -0.4 is 0 Å². The number of halogens is 1. The molecule has 5 fully saturated rings. The Balaban J connectivity index is 1.24. The highest BCUT2D eigenvalue weighted by Gasteiger charge is 2.70. The molecule has 0 aromatic heterocycles. The van der Waals surface area contributed by atoms with Crippen LogP contribution in [0.2, 0.25) is 0 Å². The lowest BCUT2D eigenvalue weighted by Crippen LogP contribution is -2.64. The third-order valence-electron chi connectivity index (χ3n) is 9.67. The van der Waals surface area contributed by atoms with Crippen LogP contribution in [0, 0.1) is 17.8 Å². The summed E-state index contributed by atoms with van der Waals surface area (Å²) in [6.45, 7) is 9.65. The topological polar surface area (TPSA) is 62.3 Å². The summed E-state index contributed by atoms with van der Waals surface area (Å²) in [5.74, 6) is 0.148. The summed E-state index contributed by atoms with van der Waals surface area (Å²) in [4.78, 5) is 30.3. The number of carbonyl (C=O) groups excluding carboxylic acids is 2. The van der Waals surface area contributed by atoms with Gasteiger partial charge < -0.3 is 19.3 Å². The molecule has 1 saturated carbocycles. The second kappa shape index (κ2) is 8.67. The Hall–Kier alpha value is -1.41. The standard InChI is InChI=1S/C25H40FN3O4/c1-3-4-5-19-14-28(17-25(26)20-15-32-16-21(20)25)22(31)33-24(19)8-12-29(13-9-24)23(2)6-10-27(18-30)11-7-23/h18-21H,3-17H2,1-2H3/t19-,20?,21?,25?/m0/s1. The fourth-order valence-corrected chi connectivity index (χ4v) is 7.05. The molecule has 7 nitrogen and oxygen atoms in total. The highest BCUT2D eigenvalue weighted by molar-refractivity contribution is 5.69. The van der Waals surface area contributed by atoms with Crippen LogP contribution in [-0.4, -0.2) is 96.5 Å². The molecule has 5 aliphatic rings. The number of hydrogen-bond acceptors (Lipinski definition) is 5. The molecule has 33 heavy (non-hydrogen) atoms. The monoisotopic (exact) mass is 465 g/mol. The van der Waals surface area contributed by atoms with Gasteiger partial charge >= 0.3 is 6.09 Å². The van der Waals surface area contributed by atoms with E-state index in [-0.39, 0.29) is 35.9 Å². The van der Waals surface area contributed by atoms with Crippen molar-refractivity contribution >= 4 is 12.5 Å². The third-order valence-corrected chi connectivity index (χ3v) is 9.67. The Labute approximate surface area is 196 Å². The molecule has 5 rings (SSSR count). The molecule has 3 atom stereocenters. The number of hydrogen-bond donors (Lipinski definition) is 0. The summed E-state index contributed by atoms with van der Waals surface area (Å²) in [5.41, 5.74) is -1.62. The molecule has 2 amide bonds. The zero-order chi connectivity index (χ0) is 23.3. The maximum atomic E-state index is 15.4. The average molecular weight is 466 g/mol. The van der Waals surface area contributed by atoms with E-state index in [9.17, 15) is 9.59 Å². The van der Waals surface area contributed by atoms with E-state index in [0.29, 0.717) is 19.8 Å². The maximum Gasteiger partial charge on any atom is 0.410 e. The molecule has 4 saturated heterocycles. The Bertz CT molecular complexity index is 738. The summed E-state index contributed by atoms with van der Waals surface area (Å²) in [6.07, 6.45) is 7.49. The van der Waals surface area contributed by atoms with Gasteiger partial charge in [0.1, 0.15) is 11.3 Å². The number of amides is 2. The van der Waals surface area contributed by atoms with Crippen LogP contribution in [0.5, 0.6) is 0 Å². The molecule has 4 aliphatic heterocycles. The van der Waals surface area contributed by atoms with Gasteiger partial charge in [0.25, 0.3) is 0 Å². The van der Waals surface area contributed by atoms with E-state index >= 15 is 4.39 Å². The van der Waals surface area contributed by atoms with Crippen LogP contribution in [0.25, 0.3) is 0 Å². The minimum atomic E-state index is -1.29. The van der Waals surface area contributed by atoms with Crippen LogP contribution in [0.1, 0.15) is 58.8 Å². The van der Waals surface area contributed by atoms with Crippen molar-refractivity contribution in [2.45, 2.75) is 75.6 Å². The summed E-state index contributed by atoms with van der Waals surface area (Å²) in [7, 11) is 0. The van der Waals surface area contributed by atoms with Gasteiger partial charge in [0.05, 0.1) is 19.8 Å². The minimum Gasteiger partial charge on any atom is -0.442 e. The fraction of sp³-hybridized carbons (Fsp3) is 0.920. The van der Waals surface area contributed by atoms with Crippen molar-refractivity contribution in [2.24, 2.45) is 17.8 Å². The van der Waals surface area contributed by atoms with Gasteiger partial charge in [0, 0.05) is 68.9 Å². The van der Waals surface area contributed by atoms with Crippen molar-refractivity contribution in [3.05, 3.63) is 0 Å². The number of unbranched alkanes of at least 4 members (excludes halogenated alkanes) is 1. The number of piperidine rings is 2. The summed E-state index contributed by atoms with van der Waals surface area (Å²) >= 11 is 0. The van der Waals surface area contributed by atoms with E-state index in [0.717, 1.165) is 77.5 Å².